The lowest BCUT2D eigenvalue weighted by atomic mass is 9.70. The molecular weight excluding hydrogens is 358 g/mol. The Morgan fingerprint density at radius 1 is 1.10 bits per heavy atom. The summed E-state index contributed by atoms with van der Waals surface area (Å²) in [5, 5.41) is 0. The molecule has 29 heavy (non-hydrogen) atoms. The predicted molar refractivity (Wildman–Crippen MR) is 118 cm³/mol. The summed E-state index contributed by atoms with van der Waals surface area (Å²) < 4.78 is 0. The number of carbonyl (C=O) groups excluding carboxylic acids is 1. The van der Waals surface area contributed by atoms with Crippen molar-refractivity contribution in [3.05, 3.63) is 52.3 Å². The van der Waals surface area contributed by atoms with Gasteiger partial charge in [-0.15, -0.1) is 0 Å². The standard InChI is InChI=1S/C25H33N3O/c1-17-14-26-15-21(17)22-8-10-27(16-25(22,2)3)9-6-18-12-19-4-5-23(29)28-11-7-20(13-18)24(19)28/h12-15,22,26H,4-11,16H2,1-3H3. The number of anilines is 1. The molecule has 0 aliphatic carbocycles. The van der Waals surface area contributed by atoms with Gasteiger partial charge in [-0.1, -0.05) is 26.0 Å². The lowest BCUT2D eigenvalue weighted by molar-refractivity contribution is -0.118. The zero-order chi connectivity index (χ0) is 20.2. The number of nitrogens with one attached hydrogen (secondary N) is 1. The van der Waals surface area contributed by atoms with Crippen molar-refractivity contribution in [2.45, 2.75) is 58.8 Å². The molecule has 1 aromatic heterocycles. The van der Waals surface area contributed by atoms with Crippen LogP contribution >= 0.6 is 0 Å². The maximum Gasteiger partial charge on any atom is 0.227 e. The minimum atomic E-state index is 0.288. The van der Waals surface area contributed by atoms with E-state index < -0.39 is 0 Å². The first-order chi connectivity index (χ1) is 13.9. The first-order valence-corrected chi connectivity index (χ1v) is 11.2. The third-order valence-electron chi connectivity index (χ3n) is 7.51. The Hall–Kier alpha value is -2.07. The lowest BCUT2D eigenvalue weighted by Gasteiger charge is -2.44. The van der Waals surface area contributed by atoms with E-state index in [-0.39, 0.29) is 5.41 Å². The minimum absolute atomic E-state index is 0.288. The van der Waals surface area contributed by atoms with Crippen LogP contribution in [0.3, 0.4) is 0 Å². The van der Waals surface area contributed by atoms with Crippen LogP contribution in [0.15, 0.2) is 24.5 Å². The van der Waals surface area contributed by atoms with Crippen molar-refractivity contribution in [3.8, 4) is 0 Å². The highest BCUT2D eigenvalue weighted by Gasteiger charge is 2.37. The Balaban J connectivity index is 1.26. The van der Waals surface area contributed by atoms with Crippen molar-refractivity contribution in [2.75, 3.05) is 31.1 Å². The molecule has 5 rings (SSSR count). The summed E-state index contributed by atoms with van der Waals surface area (Å²) in [4.78, 5) is 20.1. The molecule has 4 heteroatoms. The number of rotatable bonds is 4. The van der Waals surface area contributed by atoms with Crippen molar-refractivity contribution in [3.63, 3.8) is 0 Å². The van der Waals surface area contributed by atoms with Crippen molar-refractivity contribution in [1.29, 1.82) is 0 Å². The number of amides is 1. The van der Waals surface area contributed by atoms with E-state index in [2.05, 4.69) is 55.2 Å². The number of likely N-dealkylation sites (tertiary alicyclic amines) is 1. The van der Waals surface area contributed by atoms with Gasteiger partial charge in [-0.05, 0) is 78.3 Å². The van der Waals surface area contributed by atoms with E-state index >= 15 is 0 Å². The third kappa shape index (κ3) is 3.31. The van der Waals surface area contributed by atoms with Gasteiger partial charge >= 0.3 is 0 Å². The van der Waals surface area contributed by atoms with E-state index in [1.54, 1.807) is 0 Å². The molecule has 1 aromatic carbocycles. The number of nitrogens with zero attached hydrogens (tertiary/aromatic N) is 2. The van der Waals surface area contributed by atoms with Crippen LogP contribution in [0.1, 0.15) is 60.4 Å². The Labute approximate surface area is 174 Å². The van der Waals surface area contributed by atoms with E-state index in [1.165, 1.54) is 46.5 Å². The molecule has 0 bridgehead atoms. The minimum Gasteiger partial charge on any atom is -0.367 e. The second-order valence-electron chi connectivity index (χ2n) is 10.0. The average Bonchev–Trinajstić information content (AvgIpc) is 3.30. The number of aromatic nitrogens is 1. The summed E-state index contributed by atoms with van der Waals surface area (Å²) in [6.07, 6.45) is 9.30. The lowest BCUT2D eigenvalue weighted by Crippen LogP contribution is -2.45. The van der Waals surface area contributed by atoms with Gasteiger partial charge in [-0.3, -0.25) is 4.79 Å². The largest absolute Gasteiger partial charge is 0.367 e. The molecule has 3 aliphatic rings. The van der Waals surface area contributed by atoms with Gasteiger partial charge in [0.15, 0.2) is 0 Å². The number of aromatic amines is 1. The smallest absolute Gasteiger partial charge is 0.227 e. The average molecular weight is 392 g/mol. The number of piperidine rings is 1. The Morgan fingerprint density at radius 2 is 1.90 bits per heavy atom. The quantitative estimate of drug-likeness (QED) is 0.848. The first kappa shape index (κ1) is 18.9. The number of benzene rings is 1. The number of H-pyrrole nitrogens is 1. The molecule has 4 heterocycles. The summed E-state index contributed by atoms with van der Waals surface area (Å²) in [6, 6.07) is 4.75. The fourth-order valence-corrected chi connectivity index (χ4v) is 6.03. The molecular formula is C25H33N3O. The zero-order valence-corrected chi connectivity index (χ0v) is 18.1. The summed E-state index contributed by atoms with van der Waals surface area (Å²) in [7, 11) is 0. The Kier molecular flexibility index (Phi) is 4.58. The number of hydrogen-bond donors (Lipinski definition) is 1. The van der Waals surface area contributed by atoms with Crippen molar-refractivity contribution in [2.24, 2.45) is 5.41 Å². The summed E-state index contributed by atoms with van der Waals surface area (Å²) in [6.45, 7) is 11.4. The van der Waals surface area contributed by atoms with Crippen LogP contribution in [0.2, 0.25) is 0 Å². The topological polar surface area (TPSA) is 39.3 Å². The van der Waals surface area contributed by atoms with Gasteiger partial charge in [0.25, 0.3) is 0 Å². The van der Waals surface area contributed by atoms with Crippen LogP contribution in [0, 0.1) is 12.3 Å². The normalized spacial score (nSPS) is 23.5. The summed E-state index contributed by atoms with van der Waals surface area (Å²) in [5.74, 6) is 0.949. The zero-order valence-electron chi connectivity index (χ0n) is 18.1. The first-order valence-electron chi connectivity index (χ1n) is 11.2. The maximum absolute atomic E-state index is 12.1. The molecule has 0 spiro atoms. The molecule has 1 atom stereocenters. The number of aryl methyl sites for hydroxylation is 2. The predicted octanol–water partition coefficient (Wildman–Crippen LogP) is 4.22. The Morgan fingerprint density at radius 3 is 2.62 bits per heavy atom. The monoisotopic (exact) mass is 391 g/mol. The Bertz CT molecular complexity index is 942. The van der Waals surface area contributed by atoms with Crippen LogP contribution in [-0.4, -0.2) is 42.0 Å². The van der Waals surface area contributed by atoms with Gasteiger partial charge in [0, 0.05) is 38.4 Å². The molecule has 1 fully saturated rings. The van der Waals surface area contributed by atoms with Crippen molar-refractivity contribution in [1.82, 2.24) is 9.88 Å². The molecule has 2 aromatic rings. The van der Waals surface area contributed by atoms with Crippen molar-refractivity contribution < 1.29 is 4.79 Å². The molecule has 1 unspecified atom stereocenters. The highest BCUT2D eigenvalue weighted by molar-refractivity contribution is 5.98. The van der Waals surface area contributed by atoms with Crippen molar-refractivity contribution >= 4 is 11.6 Å². The number of carbonyl (C=O) groups is 1. The fraction of sp³-hybridized carbons (Fsp3) is 0.560. The van der Waals surface area contributed by atoms with Crippen LogP contribution in [0.4, 0.5) is 5.69 Å². The summed E-state index contributed by atoms with van der Waals surface area (Å²) >= 11 is 0. The second kappa shape index (κ2) is 7.02. The van der Waals surface area contributed by atoms with Crippen LogP contribution in [-0.2, 0) is 24.1 Å². The van der Waals surface area contributed by atoms with Crippen LogP contribution < -0.4 is 4.90 Å². The van der Waals surface area contributed by atoms with Gasteiger partial charge in [0.05, 0.1) is 5.69 Å². The molecule has 3 aliphatic heterocycles. The molecule has 0 saturated carbocycles. The molecule has 1 saturated heterocycles. The van der Waals surface area contributed by atoms with E-state index in [0.717, 1.165) is 38.9 Å². The van der Waals surface area contributed by atoms with Gasteiger partial charge in [0.1, 0.15) is 0 Å². The molecule has 0 radical (unpaired) electrons. The summed E-state index contributed by atoms with van der Waals surface area (Å²) in [5.41, 5.74) is 8.69. The highest BCUT2D eigenvalue weighted by Crippen LogP contribution is 2.43. The molecule has 1 amide bonds. The highest BCUT2D eigenvalue weighted by atomic mass is 16.2. The van der Waals surface area contributed by atoms with Gasteiger partial charge in [-0.25, -0.2) is 0 Å². The van der Waals surface area contributed by atoms with E-state index in [4.69, 9.17) is 0 Å². The van der Waals surface area contributed by atoms with Gasteiger partial charge in [0.2, 0.25) is 5.91 Å². The van der Waals surface area contributed by atoms with Gasteiger partial charge in [-0.2, -0.15) is 0 Å². The van der Waals surface area contributed by atoms with Crippen LogP contribution in [0.5, 0.6) is 0 Å². The van der Waals surface area contributed by atoms with Gasteiger partial charge < -0.3 is 14.8 Å². The van der Waals surface area contributed by atoms with E-state index in [0.29, 0.717) is 18.2 Å². The SMILES string of the molecule is Cc1c[nH]cc1C1CCN(CCc2cc3c4c(c2)CCN4C(=O)CC3)CC1(C)C. The fourth-order valence-electron chi connectivity index (χ4n) is 6.03. The van der Waals surface area contributed by atoms with Crippen LogP contribution in [0.25, 0.3) is 0 Å². The molecule has 4 nitrogen and oxygen atoms in total. The maximum atomic E-state index is 12.1. The number of hydrogen-bond acceptors (Lipinski definition) is 2. The molecule has 154 valence electrons. The molecule has 1 N–H and O–H groups in total. The van der Waals surface area contributed by atoms with E-state index in [1.807, 2.05) is 4.90 Å². The third-order valence-corrected chi connectivity index (χ3v) is 7.51. The van der Waals surface area contributed by atoms with E-state index in [9.17, 15) is 4.79 Å². The second-order valence-corrected chi connectivity index (χ2v) is 10.0.